The minimum absolute atomic E-state index is 0.0635. The van der Waals surface area contributed by atoms with Crippen molar-refractivity contribution in [3.05, 3.63) is 119 Å². The molecule has 3 heterocycles. The van der Waals surface area contributed by atoms with Gasteiger partial charge in [-0.3, -0.25) is 0 Å². The normalized spacial score (nSPS) is 18.8. The molecule has 0 atom stereocenters. The summed E-state index contributed by atoms with van der Waals surface area (Å²) in [5, 5.41) is 0. The Labute approximate surface area is 305 Å². The van der Waals surface area contributed by atoms with Gasteiger partial charge >= 0.3 is 12.1 Å². The van der Waals surface area contributed by atoms with E-state index in [1.807, 2.05) is 12.1 Å². The van der Waals surface area contributed by atoms with Crippen LogP contribution in [-0.2, 0) is 11.6 Å². The third-order valence-corrected chi connectivity index (χ3v) is 11.2. The first kappa shape index (κ1) is 34.2. The second-order valence-electron chi connectivity index (χ2n) is 15.5. The van der Waals surface area contributed by atoms with E-state index in [1.165, 1.54) is 5.56 Å². The van der Waals surface area contributed by atoms with E-state index in [-0.39, 0.29) is 29.0 Å². The second kappa shape index (κ2) is 13.3. The van der Waals surface area contributed by atoms with E-state index in [0.717, 1.165) is 82.8 Å². The van der Waals surface area contributed by atoms with Gasteiger partial charge in [0.25, 0.3) is 0 Å². The summed E-state index contributed by atoms with van der Waals surface area (Å²) in [6, 6.07) is 24.5. The average molecular weight is 706 g/mol. The van der Waals surface area contributed by atoms with Gasteiger partial charge in [-0.2, -0.15) is 4.57 Å². The fourth-order valence-electron chi connectivity index (χ4n) is 8.45. The standard InChI is InChI=1S/C44H47F2N2O4/c1-43(2,3)31-16-14-30(15-17-31)40-41-36(28-10-6-7-11-28)26-38(51-34-22-18-32(49-4)19-23-34)47(41)44(45,46)48-39(52-35-24-20-33(50-5)21-25-35)27-37(42(40)48)29-12-8-9-13-29/h14-29H,6-13H2,1-5H3/q+1. The Kier molecular flexibility index (Phi) is 8.75. The Balaban J connectivity index is 1.41. The number of alkyl halides is 2. The van der Waals surface area contributed by atoms with Crippen LogP contribution in [0.25, 0.3) is 5.57 Å². The second-order valence-corrected chi connectivity index (χ2v) is 15.5. The monoisotopic (exact) mass is 705 g/mol. The summed E-state index contributed by atoms with van der Waals surface area (Å²) in [7, 11) is 3.19. The zero-order valence-corrected chi connectivity index (χ0v) is 30.7. The minimum atomic E-state index is -3.57. The number of halogens is 2. The molecule has 0 radical (unpaired) electrons. The molecule has 8 rings (SSSR count). The van der Waals surface area contributed by atoms with E-state index in [9.17, 15) is 0 Å². The highest BCUT2D eigenvalue weighted by molar-refractivity contribution is 5.95. The van der Waals surface area contributed by atoms with Crippen LogP contribution >= 0.6 is 0 Å². The summed E-state index contributed by atoms with van der Waals surface area (Å²) in [5.74, 6) is 2.68. The molecule has 270 valence electrons. The summed E-state index contributed by atoms with van der Waals surface area (Å²) in [4.78, 5) is 0. The van der Waals surface area contributed by atoms with Crippen molar-refractivity contribution in [1.29, 1.82) is 0 Å². The van der Waals surface area contributed by atoms with E-state index in [2.05, 4.69) is 45.0 Å². The third kappa shape index (κ3) is 6.00. The van der Waals surface area contributed by atoms with Crippen molar-refractivity contribution in [1.82, 2.24) is 4.57 Å². The van der Waals surface area contributed by atoms with Crippen LogP contribution in [0.3, 0.4) is 0 Å². The number of hydrogen-bond donors (Lipinski definition) is 0. The van der Waals surface area contributed by atoms with Gasteiger partial charge in [0.05, 0.1) is 31.6 Å². The number of methoxy groups -OCH3 is 2. The molecule has 0 saturated heterocycles. The number of nitrogens with zero attached hydrogens (tertiary/aromatic N) is 2. The van der Waals surface area contributed by atoms with Gasteiger partial charge in [0.2, 0.25) is 11.6 Å². The van der Waals surface area contributed by atoms with E-state index < -0.39 is 6.17 Å². The number of fused-ring (bicyclic) bond motifs is 2. The molecule has 4 aromatic rings. The highest BCUT2D eigenvalue weighted by atomic mass is 19.3. The van der Waals surface area contributed by atoms with Crippen molar-refractivity contribution in [3.8, 4) is 28.9 Å². The molecule has 0 bridgehead atoms. The number of rotatable bonds is 8. The molecule has 52 heavy (non-hydrogen) atoms. The van der Waals surface area contributed by atoms with Gasteiger partial charge in [-0.1, -0.05) is 75.3 Å². The van der Waals surface area contributed by atoms with Crippen LogP contribution in [0.4, 0.5) is 8.78 Å². The minimum Gasteiger partial charge on any atom is -0.497 e. The van der Waals surface area contributed by atoms with Crippen LogP contribution in [0.2, 0.25) is 0 Å². The van der Waals surface area contributed by atoms with E-state index in [0.29, 0.717) is 34.4 Å². The molecule has 8 heteroatoms. The van der Waals surface area contributed by atoms with Gasteiger partial charge in [0.15, 0.2) is 0 Å². The third-order valence-electron chi connectivity index (χ3n) is 11.2. The molecule has 4 aliphatic rings. The van der Waals surface area contributed by atoms with Gasteiger partial charge < -0.3 is 18.9 Å². The van der Waals surface area contributed by atoms with Crippen LogP contribution in [-0.4, -0.2) is 29.3 Å². The lowest BCUT2D eigenvalue weighted by Gasteiger charge is -2.29. The topological polar surface area (TPSA) is 44.9 Å². The van der Waals surface area contributed by atoms with E-state index in [1.54, 1.807) is 62.8 Å². The Hall–Kier alpha value is -4.85. The molecule has 2 saturated carbocycles. The highest BCUT2D eigenvalue weighted by Gasteiger charge is 2.62. The van der Waals surface area contributed by atoms with Gasteiger partial charge in [0, 0.05) is 11.6 Å². The summed E-state index contributed by atoms with van der Waals surface area (Å²) in [6.07, 6.45) is 6.37. The first-order chi connectivity index (χ1) is 25.1. The maximum atomic E-state index is 18.0. The SMILES string of the molecule is COc1ccc(OC2=[N+]3C(=C(c4ccc(C(C)(C)C)cc4)c4c(C5CCCC5)cc(Oc5ccc(OC)cc5)n4C3(F)F)C(C3CCCC3)=C2)cc1. The largest absolute Gasteiger partial charge is 0.571 e. The number of benzene rings is 3. The zero-order valence-electron chi connectivity index (χ0n) is 30.7. The van der Waals surface area contributed by atoms with Gasteiger partial charge in [0.1, 0.15) is 23.0 Å². The molecule has 0 amide bonds. The lowest BCUT2D eigenvalue weighted by atomic mass is 9.83. The predicted molar refractivity (Wildman–Crippen MR) is 199 cm³/mol. The molecule has 2 aliphatic heterocycles. The molecular formula is C44H47F2N2O4+. The smallest absolute Gasteiger partial charge is 0.497 e. The number of allylic oxidation sites excluding steroid dienone is 1. The van der Waals surface area contributed by atoms with Crippen LogP contribution in [0.5, 0.6) is 28.9 Å². The molecule has 1 aromatic heterocycles. The Bertz CT molecular complexity index is 2050. The summed E-state index contributed by atoms with van der Waals surface area (Å²) < 4.78 is 61.8. The van der Waals surface area contributed by atoms with Crippen molar-refractivity contribution >= 4 is 11.5 Å². The fraction of sp³-hybridized carbons (Fsp3) is 0.386. The molecule has 0 unspecified atom stereocenters. The average Bonchev–Trinajstić information content (AvgIpc) is 3.96. The highest BCUT2D eigenvalue weighted by Crippen LogP contribution is 2.54. The Morgan fingerprint density at radius 1 is 0.692 bits per heavy atom. The molecule has 2 aliphatic carbocycles. The molecule has 3 aromatic carbocycles. The van der Waals surface area contributed by atoms with Crippen LogP contribution in [0.15, 0.2) is 96.2 Å². The number of hydrogen-bond acceptors (Lipinski definition) is 4. The zero-order chi connectivity index (χ0) is 36.2. The van der Waals surface area contributed by atoms with Crippen molar-refractivity contribution < 1.29 is 32.3 Å². The fourth-order valence-corrected chi connectivity index (χ4v) is 8.45. The Morgan fingerprint density at radius 3 is 1.75 bits per heavy atom. The van der Waals surface area contributed by atoms with Gasteiger partial charge in [-0.15, -0.1) is 8.78 Å². The van der Waals surface area contributed by atoms with E-state index in [4.69, 9.17) is 18.9 Å². The molecule has 6 nitrogen and oxygen atoms in total. The van der Waals surface area contributed by atoms with Crippen LogP contribution in [0.1, 0.15) is 100 Å². The van der Waals surface area contributed by atoms with Crippen molar-refractivity contribution in [3.63, 3.8) is 0 Å². The predicted octanol–water partition coefficient (Wildman–Crippen LogP) is 11.2. The lowest BCUT2D eigenvalue weighted by molar-refractivity contribution is -0.679. The van der Waals surface area contributed by atoms with Crippen molar-refractivity contribution in [2.45, 2.75) is 89.6 Å². The molecule has 0 N–H and O–H groups in total. The summed E-state index contributed by atoms with van der Waals surface area (Å²) in [5.41, 5.74) is 5.71. The molecule has 2 fully saturated rings. The molecule has 0 spiro atoms. The van der Waals surface area contributed by atoms with Crippen molar-refractivity contribution in [2.75, 3.05) is 14.2 Å². The molecular weight excluding hydrogens is 658 g/mol. The van der Waals surface area contributed by atoms with Crippen LogP contribution in [0, 0.1) is 5.92 Å². The first-order valence-corrected chi connectivity index (χ1v) is 18.6. The van der Waals surface area contributed by atoms with Gasteiger partial charge in [-0.05, 0) is 108 Å². The lowest BCUT2D eigenvalue weighted by Crippen LogP contribution is -2.44. The van der Waals surface area contributed by atoms with E-state index >= 15 is 8.78 Å². The summed E-state index contributed by atoms with van der Waals surface area (Å²) >= 11 is 0. The first-order valence-electron chi connectivity index (χ1n) is 18.6. The quantitative estimate of drug-likeness (QED) is 0.135. The number of aromatic nitrogens is 1. The Morgan fingerprint density at radius 2 is 1.21 bits per heavy atom. The van der Waals surface area contributed by atoms with Gasteiger partial charge in [-0.25, -0.2) is 0 Å². The van der Waals surface area contributed by atoms with Crippen molar-refractivity contribution in [2.24, 2.45) is 5.92 Å². The summed E-state index contributed by atoms with van der Waals surface area (Å²) in [6.45, 7) is 6.57. The van der Waals surface area contributed by atoms with Crippen LogP contribution < -0.4 is 18.9 Å². The maximum Gasteiger partial charge on any atom is 0.571 e. The maximum absolute atomic E-state index is 18.0. The number of ether oxygens (including phenoxy) is 4.